The number of pyridine rings is 2. The van der Waals surface area contributed by atoms with Gasteiger partial charge >= 0.3 is 0 Å². The van der Waals surface area contributed by atoms with E-state index in [4.69, 9.17) is 16.3 Å². The van der Waals surface area contributed by atoms with Gasteiger partial charge in [-0.05, 0) is 41.8 Å². The van der Waals surface area contributed by atoms with Crippen LogP contribution in [0.3, 0.4) is 0 Å². The number of nitrogens with one attached hydrogen (secondary N) is 1. The number of halogens is 1. The van der Waals surface area contributed by atoms with Crippen LogP contribution in [-0.4, -0.2) is 38.9 Å². The van der Waals surface area contributed by atoms with Crippen molar-refractivity contribution < 1.29 is 8.95 Å². The van der Waals surface area contributed by atoms with Gasteiger partial charge in [0.05, 0.1) is 45.8 Å². The topological polar surface area (TPSA) is 76.5 Å². The van der Waals surface area contributed by atoms with E-state index in [-0.39, 0.29) is 5.25 Å². The lowest BCUT2D eigenvalue weighted by Gasteiger charge is -2.26. The van der Waals surface area contributed by atoms with Gasteiger partial charge in [0.2, 0.25) is 0 Å². The summed E-state index contributed by atoms with van der Waals surface area (Å²) >= 11 is 5.82. The summed E-state index contributed by atoms with van der Waals surface area (Å²) in [6.07, 6.45) is 5.07. The number of aromatic nitrogens is 2. The Hall–Kier alpha value is -2.22. The van der Waals surface area contributed by atoms with E-state index in [2.05, 4.69) is 19.6 Å². The van der Waals surface area contributed by atoms with Crippen LogP contribution < -0.4 is 5.32 Å². The smallest absolute Gasteiger partial charge is 0.138 e. The molecule has 0 amide bonds. The molecule has 1 aromatic carbocycles. The molecule has 3 heterocycles. The summed E-state index contributed by atoms with van der Waals surface area (Å²) in [4.78, 5) is 8.46. The number of rotatable bonds is 4. The zero-order valence-corrected chi connectivity index (χ0v) is 15.6. The fourth-order valence-corrected chi connectivity index (χ4v) is 4.15. The molecular weight excluding hydrogens is 372 g/mol. The zero-order valence-electron chi connectivity index (χ0n) is 14.1. The molecule has 26 heavy (non-hydrogen) atoms. The first kappa shape index (κ1) is 17.2. The van der Waals surface area contributed by atoms with E-state index in [1.807, 2.05) is 30.3 Å². The number of hydrogen-bond donors (Lipinski definition) is 1. The number of benzene rings is 1. The van der Waals surface area contributed by atoms with Crippen LogP contribution >= 0.6 is 11.6 Å². The molecule has 1 aliphatic rings. The van der Waals surface area contributed by atoms with Crippen molar-refractivity contribution in [3.63, 3.8) is 0 Å². The predicted molar refractivity (Wildman–Crippen MR) is 105 cm³/mol. The molecule has 1 atom stereocenters. The second kappa shape index (κ2) is 6.83. The number of fused-ring (bicyclic) bond motifs is 1. The van der Waals surface area contributed by atoms with Gasteiger partial charge in [0, 0.05) is 17.8 Å². The fraction of sp³-hybridized carbons (Fsp3) is 0.222. The third-order valence-electron chi connectivity index (χ3n) is 4.25. The van der Waals surface area contributed by atoms with Crippen molar-refractivity contribution in [1.82, 2.24) is 9.97 Å². The van der Waals surface area contributed by atoms with E-state index < -0.39 is 9.73 Å². The SMILES string of the molecule is C[S@@](=O)(=Nc1ccc2c(Nc3ccc(Cl)nc3)nccc2c1)C1COC1. The summed E-state index contributed by atoms with van der Waals surface area (Å²) in [5.41, 5.74) is 1.49. The molecule has 3 aromatic rings. The summed E-state index contributed by atoms with van der Waals surface area (Å²) in [6.45, 7) is 1.03. The maximum atomic E-state index is 12.7. The van der Waals surface area contributed by atoms with Gasteiger partial charge in [-0.15, -0.1) is 0 Å². The van der Waals surface area contributed by atoms with Crippen molar-refractivity contribution in [2.24, 2.45) is 4.36 Å². The lowest BCUT2D eigenvalue weighted by Crippen LogP contribution is -2.39. The van der Waals surface area contributed by atoms with Crippen molar-refractivity contribution in [1.29, 1.82) is 0 Å². The quantitative estimate of drug-likeness (QED) is 0.679. The molecule has 0 saturated carbocycles. The molecule has 134 valence electrons. The minimum absolute atomic E-state index is 0.00488. The van der Waals surface area contributed by atoms with E-state index >= 15 is 0 Å². The van der Waals surface area contributed by atoms with E-state index in [1.54, 1.807) is 24.7 Å². The Bertz CT molecular complexity index is 1070. The zero-order chi connectivity index (χ0) is 18.1. The summed E-state index contributed by atoms with van der Waals surface area (Å²) in [5, 5.41) is 5.59. The van der Waals surface area contributed by atoms with Crippen molar-refractivity contribution in [2.75, 3.05) is 24.8 Å². The third-order valence-corrected chi connectivity index (χ3v) is 6.56. The molecule has 1 fully saturated rings. The van der Waals surface area contributed by atoms with Crippen molar-refractivity contribution in [2.45, 2.75) is 5.25 Å². The van der Waals surface area contributed by atoms with E-state index in [1.165, 1.54) is 0 Å². The van der Waals surface area contributed by atoms with Crippen molar-refractivity contribution in [3.8, 4) is 0 Å². The molecule has 1 saturated heterocycles. The number of anilines is 2. The lowest BCUT2D eigenvalue weighted by molar-refractivity contribution is 0.0431. The molecular formula is C18H17ClN4O2S. The van der Waals surface area contributed by atoms with Crippen LogP contribution in [0.1, 0.15) is 0 Å². The molecule has 0 aliphatic carbocycles. The molecule has 6 nitrogen and oxygen atoms in total. The Morgan fingerprint density at radius 3 is 2.77 bits per heavy atom. The first-order chi connectivity index (χ1) is 12.5. The van der Waals surface area contributed by atoms with Crippen molar-refractivity contribution >= 4 is 49.3 Å². The fourth-order valence-electron chi connectivity index (χ4n) is 2.66. The number of ether oxygens (including phenoxy) is 1. The molecule has 0 spiro atoms. The van der Waals surface area contributed by atoms with Gasteiger partial charge in [-0.25, -0.2) is 14.2 Å². The van der Waals surface area contributed by atoms with Gasteiger partial charge in [0.1, 0.15) is 11.0 Å². The van der Waals surface area contributed by atoms with Gasteiger partial charge < -0.3 is 10.1 Å². The van der Waals surface area contributed by atoms with Crippen LogP contribution in [0.4, 0.5) is 17.2 Å². The van der Waals surface area contributed by atoms with Crippen LogP contribution in [0.2, 0.25) is 5.15 Å². The third kappa shape index (κ3) is 3.51. The monoisotopic (exact) mass is 388 g/mol. The maximum absolute atomic E-state index is 12.7. The van der Waals surface area contributed by atoms with E-state index in [0.29, 0.717) is 29.9 Å². The Labute approximate surface area is 156 Å². The highest BCUT2D eigenvalue weighted by atomic mass is 35.5. The summed E-state index contributed by atoms with van der Waals surface area (Å²) in [7, 11) is -2.31. The minimum atomic E-state index is -2.31. The van der Waals surface area contributed by atoms with Crippen LogP contribution in [0, 0.1) is 0 Å². The van der Waals surface area contributed by atoms with E-state index in [0.717, 1.165) is 16.5 Å². The van der Waals surface area contributed by atoms with Crippen LogP contribution in [0.15, 0.2) is 53.2 Å². The Morgan fingerprint density at radius 2 is 2.08 bits per heavy atom. The van der Waals surface area contributed by atoms with Crippen LogP contribution in [-0.2, 0) is 14.5 Å². The number of nitrogens with zero attached hydrogens (tertiary/aromatic N) is 3. The molecule has 4 rings (SSSR count). The average molecular weight is 389 g/mol. The van der Waals surface area contributed by atoms with Gasteiger partial charge in [0.25, 0.3) is 0 Å². The Morgan fingerprint density at radius 1 is 1.23 bits per heavy atom. The summed E-state index contributed by atoms with van der Waals surface area (Å²) < 4.78 is 22.3. The maximum Gasteiger partial charge on any atom is 0.138 e. The lowest BCUT2D eigenvalue weighted by atomic mass is 10.1. The molecule has 1 N–H and O–H groups in total. The molecule has 0 radical (unpaired) electrons. The van der Waals surface area contributed by atoms with Gasteiger partial charge in [-0.1, -0.05) is 11.6 Å². The predicted octanol–water partition coefficient (Wildman–Crippen LogP) is 4.15. The normalized spacial score (nSPS) is 16.7. The van der Waals surface area contributed by atoms with Gasteiger partial charge in [0.15, 0.2) is 0 Å². The molecule has 0 bridgehead atoms. The van der Waals surface area contributed by atoms with Crippen molar-refractivity contribution in [3.05, 3.63) is 53.9 Å². The van der Waals surface area contributed by atoms with Gasteiger partial charge in [-0.3, -0.25) is 0 Å². The Balaban J connectivity index is 1.68. The standard InChI is InChI=1S/C18H17ClN4O2S/c1-26(24,15-10-25-11-15)23-13-2-4-16-12(8-13)6-7-20-18(16)22-14-3-5-17(19)21-9-14/h2-9,15H,10-11H2,1H3,(H,20,22)/t26-/m0/s1. The van der Waals surface area contributed by atoms with Crippen LogP contribution in [0.25, 0.3) is 10.8 Å². The summed E-state index contributed by atoms with van der Waals surface area (Å²) in [6, 6.07) is 11.2. The van der Waals surface area contributed by atoms with E-state index in [9.17, 15) is 4.21 Å². The molecule has 2 aromatic heterocycles. The first-order valence-electron chi connectivity index (χ1n) is 8.07. The largest absolute Gasteiger partial charge is 0.379 e. The number of hydrogen-bond acceptors (Lipinski definition) is 6. The first-order valence-corrected chi connectivity index (χ1v) is 10.4. The highest BCUT2D eigenvalue weighted by Crippen LogP contribution is 2.29. The second-order valence-corrected chi connectivity index (χ2v) is 9.13. The molecule has 1 aliphatic heterocycles. The van der Waals surface area contributed by atoms with Crippen LogP contribution in [0.5, 0.6) is 0 Å². The molecule has 8 heteroatoms. The molecule has 0 unspecified atom stereocenters. The average Bonchev–Trinajstić information content (AvgIpc) is 2.54. The Kier molecular flexibility index (Phi) is 4.52. The summed E-state index contributed by atoms with van der Waals surface area (Å²) in [5.74, 6) is 0.711. The second-order valence-electron chi connectivity index (χ2n) is 6.17. The highest BCUT2D eigenvalue weighted by molar-refractivity contribution is 7.93. The van der Waals surface area contributed by atoms with Gasteiger partial charge in [-0.2, -0.15) is 4.36 Å². The minimum Gasteiger partial charge on any atom is -0.379 e. The highest BCUT2D eigenvalue weighted by Gasteiger charge is 2.27.